The lowest BCUT2D eigenvalue weighted by Gasteiger charge is -2.35. The predicted molar refractivity (Wildman–Crippen MR) is 108 cm³/mol. The van der Waals surface area contributed by atoms with Gasteiger partial charge in [-0.3, -0.25) is 19.4 Å². The van der Waals surface area contributed by atoms with Gasteiger partial charge in [-0.25, -0.2) is 8.42 Å². The fourth-order valence-corrected chi connectivity index (χ4v) is 6.54. The van der Waals surface area contributed by atoms with Gasteiger partial charge in [-0.2, -0.15) is 4.31 Å². The van der Waals surface area contributed by atoms with Crippen molar-refractivity contribution in [3.63, 3.8) is 0 Å². The van der Waals surface area contributed by atoms with Crippen molar-refractivity contribution >= 4 is 21.8 Å². The van der Waals surface area contributed by atoms with Crippen molar-refractivity contribution in [2.24, 2.45) is 11.8 Å². The Morgan fingerprint density at radius 2 is 1.52 bits per heavy atom. The summed E-state index contributed by atoms with van der Waals surface area (Å²) in [5.74, 6) is -0.348. The number of hydrogen-bond donors (Lipinski definition) is 0. The number of rotatable bonds is 4. The normalized spacial score (nSPS) is 26.8. The first-order valence-electron chi connectivity index (χ1n) is 10.4. The lowest BCUT2D eigenvalue weighted by Crippen LogP contribution is -2.52. The minimum Gasteiger partial charge on any atom is -0.283 e. The van der Waals surface area contributed by atoms with Crippen LogP contribution in [0.1, 0.15) is 36.8 Å². The Bertz CT molecular complexity index is 898. The van der Waals surface area contributed by atoms with E-state index >= 15 is 0 Å². The number of likely N-dealkylation sites (tertiary alicyclic amines) is 1. The average Bonchev–Trinajstić information content (AvgIpc) is 2.95. The van der Waals surface area contributed by atoms with E-state index in [0.29, 0.717) is 31.1 Å². The van der Waals surface area contributed by atoms with E-state index in [9.17, 15) is 18.0 Å². The first-order chi connectivity index (χ1) is 13.8. The number of nitrogens with zero attached hydrogens (tertiary/aromatic N) is 3. The van der Waals surface area contributed by atoms with Crippen molar-refractivity contribution in [2.45, 2.75) is 44.4 Å². The van der Waals surface area contributed by atoms with Crippen molar-refractivity contribution in [3.8, 4) is 0 Å². The first-order valence-corrected chi connectivity index (χ1v) is 11.9. The van der Waals surface area contributed by atoms with Crippen LogP contribution in [0.25, 0.3) is 0 Å². The van der Waals surface area contributed by atoms with Crippen LogP contribution in [0.15, 0.2) is 23.1 Å². The maximum atomic E-state index is 13.1. The molecule has 1 aromatic rings. The van der Waals surface area contributed by atoms with E-state index in [0.717, 1.165) is 36.8 Å². The number of hydrogen-bond acceptors (Lipinski definition) is 5. The molecule has 0 radical (unpaired) electrons. The van der Waals surface area contributed by atoms with Crippen molar-refractivity contribution in [1.82, 2.24) is 14.1 Å². The van der Waals surface area contributed by atoms with E-state index in [-0.39, 0.29) is 30.3 Å². The van der Waals surface area contributed by atoms with Crippen LogP contribution in [0, 0.1) is 25.7 Å². The molecular formula is C21H29N3O4S. The molecule has 1 saturated carbocycles. The van der Waals surface area contributed by atoms with Gasteiger partial charge in [-0.05, 0) is 43.9 Å². The molecule has 29 heavy (non-hydrogen) atoms. The third kappa shape index (κ3) is 3.73. The third-order valence-corrected chi connectivity index (χ3v) is 8.61. The van der Waals surface area contributed by atoms with Crippen molar-refractivity contribution < 1.29 is 18.0 Å². The van der Waals surface area contributed by atoms with Crippen LogP contribution in [-0.4, -0.2) is 67.2 Å². The van der Waals surface area contributed by atoms with Crippen LogP contribution < -0.4 is 0 Å². The molecule has 0 bridgehead atoms. The number of sulfonamides is 1. The van der Waals surface area contributed by atoms with Gasteiger partial charge in [0.05, 0.1) is 23.4 Å². The highest BCUT2D eigenvalue weighted by atomic mass is 32.2. The summed E-state index contributed by atoms with van der Waals surface area (Å²) in [5.41, 5.74) is 1.66. The van der Waals surface area contributed by atoms with Crippen LogP contribution >= 0.6 is 0 Å². The van der Waals surface area contributed by atoms with E-state index in [1.807, 2.05) is 30.9 Å². The van der Waals surface area contributed by atoms with Crippen LogP contribution in [0.4, 0.5) is 0 Å². The summed E-state index contributed by atoms with van der Waals surface area (Å²) in [5, 5.41) is 0. The van der Waals surface area contributed by atoms with E-state index in [2.05, 4.69) is 0 Å². The van der Waals surface area contributed by atoms with Crippen LogP contribution in [0.3, 0.4) is 0 Å². The second kappa shape index (κ2) is 7.81. The molecule has 1 aliphatic carbocycles. The standard InChI is InChI=1S/C21H29N3O4S/c1-15-7-8-16(2)19(13-15)29(27,28)23-11-9-22(10-12-23)14-24-20(25)17-5-3-4-6-18(17)21(24)26/h7-8,13,17-18H,3-6,9-12,14H2,1-2H3. The second-order valence-electron chi connectivity index (χ2n) is 8.53. The number of carbonyl (C=O) groups is 2. The Labute approximate surface area is 172 Å². The number of carbonyl (C=O) groups excluding carboxylic acids is 2. The number of fused-ring (bicyclic) bond motifs is 1. The summed E-state index contributed by atoms with van der Waals surface area (Å²) in [7, 11) is -3.55. The smallest absolute Gasteiger partial charge is 0.243 e. The Hall–Kier alpha value is -1.77. The van der Waals surface area contributed by atoms with Crippen LogP contribution in [-0.2, 0) is 19.6 Å². The molecule has 1 aromatic carbocycles. The molecule has 3 aliphatic rings. The monoisotopic (exact) mass is 419 g/mol. The van der Waals surface area contributed by atoms with Crippen LogP contribution in [0.5, 0.6) is 0 Å². The number of amides is 2. The third-order valence-electron chi connectivity index (χ3n) is 6.57. The highest BCUT2D eigenvalue weighted by Gasteiger charge is 2.48. The molecule has 0 aromatic heterocycles. The molecule has 8 heteroatoms. The molecule has 3 fully saturated rings. The molecule has 2 aliphatic heterocycles. The molecular weight excluding hydrogens is 390 g/mol. The summed E-state index contributed by atoms with van der Waals surface area (Å²) >= 11 is 0. The van der Waals surface area contributed by atoms with Gasteiger partial charge in [0.15, 0.2) is 0 Å². The second-order valence-corrected chi connectivity index (χ2v) is 10.4. The molecule has 7 nitrogen and oxygen atoms in total. The number of imide groups is 1. The molecule has 2 atom stereocenters. The van der Waals surface area contributed by atoms with E-state index in [1.165, 1.54) is 9.21 Å². The van der Waals surface area contributed by atoms with Gasteiger partial charge in [-0.15, -0.1) is 0 Å². The van der Waals surface area contributed by atoms with E-state index in [1.54, 1.807) is 6.07 Å². The fraction of sp³-hybridized carbons (Fsp3) is 0.619. The SMILES string of the molecule is Cc1ccc(C)c(S(=O)(=O)N2CCN(CN3C(=O)C4CCCCC4C3=O)CC2)c1. The molecule has 4 rings (SSSR count). The van der Waals surface area contributed by atoms with Crippen LogP contribution in [0.2, 0.25) is 0 Å². The van der Waals surface area contributed by atoms with Gasteiger partial charge >= 0.3 is 0 Å². The molecule has 2 unspecified atom stereocenters. The minimum absolute atomic E-state index is 0.0369. The summed E-state index contributed by atoms with van der Waals surface area (Å²) in [6, 6.07) is 5.47. The van der Waals surface area contributed by atoms with E-state index in [4.69, 9.17) is 0 Å². The van der Waals surface area contributed by atoms with Gasteiger partial charge in [0.1, 0.15) is 0 Å². The molecule has 0 N–H and O–H groups in total. The van der Waals surface area contributed by atoms with E-state index < -0.39 is 10.0 Å². The first kappa shape index (κ1) is 20.5. The summed E-state index contributed by atoms with van der Waals surface area (Å²) in [4.78, 5) is 29.1. The fourth-order valence-electron chi connectivity index (χ4n) is 4.81. The highest BCUT2D eigenvalue weighted by molar-refractivity contribution is 7.89. The zero-order chi connectivity index (χ0) is 20.8. The summed E-state index contributed by atoms with van der Waals surface area (Å²) in [6.45, 7) is 5.72. The zero-order valence-corrected chi connectivity index (χ0v) is 18.0. The molecule has 2 saturated heterocycles. The number of benzene rings is 1. The highest BCUT2D eigenvalue weighted by Crippen LogP contribution is 2.38. The van der Waals surface area contributed by atoms with Gasteiger partial charge < -0.3 is 0 Å². The average molecular weight is 420 g/mol. The Morgan fingerprint density at radius 1 is 0.931 bits per heavy atom. The van der Waals surface area contributed by atoms with Gasteiger partial charge in [0.2, 0.25) is 21.8 Å². The lowest BCUT2D eigenvalue weighted by molar-refractivity contribution is -0.142. The maximum absolute atomic E-state index is 13.1. The van der Waals surface area contributed by atoms with Gasteiger partial charge in [0.25, 0.3) is 0 Å². The molecule has 2 heterocycles. The maximum Gasteiger partial charge on any atom is 0.243 e. The predicted octanol–water partition coefficient (Wildman–Crippen LogP) is 1.74. The van der Waals surface area contributed by atoms with Crippen molar-refractivity contribution in [1.29, 1.82) is 0 Å². The van der Waals surface area contributed by atoms with Crippen molar-refractivity contribution in [3.05, 3.63) is 29.3 Å². The minimum atomic E-state index is -3.55. The summed E-state index contributed by atoms with van der Waals surface area (Å²) in [6.07, 6.45) is 3.66. The number of aryl methyl sites for hydroxylation is 2. The summed E-state index contributed by atoms with van der Waals surface area (Å²) < 4.78 is 27.7. The Balaban J connectivity index is 1.40. The number of piperazine rings is 1. The topological polar surface area (TPSA) is 78.0 Å². The Morgan fingerprint density at radius 3 is 2.10 bits per heavy atom. The zero-order valence-electron chi connectivity index (χ0n) is 17.1. The lowest BCUT2D eigenvalue weighted by atomic mass is 9.81. The molecule has 0 spiro atoms. The van der Waals surface area contributed by atoms with Crippen molar-refractivity contribution in [2.75, 3.05) is 32.8 Å². The largest absolute Gasteiger partial charge is 0.283 e. The molecule has 158 valence electrons. The van der Waals surface area contributed by atoms with Gasteiger partial charge in [0, 0.05) is 26.2 Å². The Kier molecular flexibility index (Phi) is 5.52. The molecule has 2 amide bonds. The quantitative estimate of drug-likeness (QED) is 0.695. The van der Waals surface area contributed by atoms with Gasteiger partial charge in [-0.1, -0.05) is 25.0 Å².